The summed E-state index contributed by atoms with van der Waals surface area (Å²) in [5, 5.41) is 12.3. The number of fused-ring (bicyclic) bond motifs is 1. The van der Waals surface area contributed by atoms with Crippen LogP contribution in [0.4, 0.5) is 10.2 Å². The molecule has 0 amide bonds. The zero-order valence-electron chi connectivity index (χ0n) is 12.2. The molecule has 0 fully saturated rings. The topological polar surface area (TPSA) is 88.8 Å². The molecule has 3 aromatic heterocycles. The van der Waals surface area contributed by atoms with Gasteiger partial charge in [0, 0.05) is 18.8 Å². The number of imidazole rings is 1. The van der Waals surface area contributed by atoms with Crippen LogP contribution in [-0.4, -0.2) is 43.3 Å². The van der Waals surface area contributed by atoms with Crippen LogP contribution >= 0.6 is 0 Å². The minimum atomic E-state index is -0.454. The first-order valence-corrected chi connectivity index (χ1v) is 6.78. The van der Waals surface area contributed by atoms with E-state index in [1.165, 1.54) is 12.3 Å². The molecule has 0 aliphatic rings. The molecule has 3 heterocycles. The predicted octanol–water partition coefficient (Wildman–Crippen LogP) is 1.62. The normalized spacial score (nSPS) is 12.5. The summed E-state index contributed by atoms with van der Waals surface area (Å²) in [6, 6.07) is 1.15. The third kappa shape index (κ3) is 2.37. The van der Waals surface area contributed by atoms with Gasteiger partial charge >= 0.3 is 0 Å². The molecule has 2 N–H and O–H groups in total. The molecule has 3 aromatic rings. The minimum Gasteiger partial charge on any atom is -0.394 e. The summed E-state index contributed by atoms with van der Waals surface area (Å²) in [5.74, 6) is 0.424. The molecule has 0 bridgehead atoms. The number of hydrogen-bond acceptors (Lipinski definition) is 6. The van der Waals surface area contributed by atoms with Crippen LogP contribution in [0.5, 0.6) is 0 Å². The van der Waals surface area contributed by atoms with Gasteiger partial charge in [0.2, 0.25) is 0 Å². The molecule has 7 nitrogen and oxygen atoms in total. The van der Waals surface area contributed by atoms with E-state index in [-0.39, 0.29) is 12.6 Å². The van der Waals surface area contributed by atoms with Gasteiger partial charge in [0.15, 0.2) is 17.3 Å². The summed E-state index contributed by atoms with van der Waals surface area (Å²) in [6.07, 6.45) is 4.23. The summed E-state index contributed by atoms with van der Waals surface area (Å²) in [5.41, 5.74) is 1.64. The Morgan fingerprint density at radius 2 is 2.18 bits per heavy atom. The second kappa shape index (κ2) is 5.64. The smallest absolute Gasteiger partial charge is 0.166 e. The van der Waals surface area contributed by atoms with Crippen LogP contribution in [0.15, 0.2) is 24.8 Å². The number of pyridine rings is 1. The molecule has 0 spiro atoms. The quantitative estimate of drug-likeness (QED) is 0.761. The lowest BCUT2D eigenvalue weighted by molar-refractivity contribution is 0.241. The highest BCUT2D eigenvalue weighted by Gasteiger charge is 2.16. The van der Waals surface area contributed by atoms with Gasteiger partial charge in [-0.25, -0.2) is 19.3 Å². The van der Waals surface area contributed by atoms with E-state index in [1.807, 2.05) is 6.92 Å². The minimum absolute atomic E-state index is 0.0405. The zero-order valence-corrected chi connectivity index (χ0v) is 12.2. The molecule has 22 heavy (non-hydrogen) atoms. The number of halogens is 1. The number of aromatic nitrogens is 5. The Morgan fingerprint density at radius 3 is 2.86 bits per heavy atom. The molecule has 0 aliphatic heterocycles. The molecule has 0 saturated carbocycles. The van der Waals surface area contributed by atoms with Crippen LogP contribution in [0.25, 0.3) is 22.6 Å². The summed E-state index contributed by atoms with van der Waals surface area (Å²) < 4.78 is 15.1. The molecule has 3 rings (SSSR count). The van der Waals surface area contributed by atoms with Crippen LogP contribution in [0.1, 0.15) is 13.0 Å². The van der Waals surface area contributed by atoms with Gasteiger partial charge in [0.25, 0.3) is 0 Å². The summed E-state index contributed by atoms with van der Waals surface area (Å²) in [6.45, 7) is 1.81. The van der Waals surface area contributed by atoms with E-state index in [9.17, 15) is 9.50 Å². The Morgan fingerprint density at radius 1 is 1.36 bits per heavy atom. The Labute approximate surface area is 125 Å². The van der Waals surface area contributed by atoms with Crippen molar-refractivity contribution < 1.29 is 9.50 Å². The number of nitrogens with one attached hydrogen (secondary N) is 1. The molecule has 0 radical (unpaired) electrons. The third-order valence-electron chi connectivity index (χ3n) is 3.36. The fourth-order valence-corrected chi connectivity index (χ4v) is 2.16. The van der Waals surface area contributed by atoms with Crippen molar-refractivity contribution in [2.75, 3.05) is 19.0 Å². The highest BCUT2D eigenvalue weighted by Crippen LogP contribution is 2.25. The van der Waals surface area contributed by atoms with Gasteiger partial charge in [-0.2, -0.15) is 0 Å². The molecular weight excluding hydrogens is 287 g/mol. The Bertz CT molecular complexity index is 818. The largest absolute Gasteiger partial charge is 0.394 e. The monoisotopic (exact) mass is 302 g/mol. The van der Waals surface area contributed by atoms with E-state index in [0.717, 1.165) is 6.20 Å². The zero-order chi connectivity index (χ0) is 15.7. The predicted molar refractivity (Wildman–Crippen MR) is 79.9 cm³/mol. The first kappa shape index (κ1) is 14.3. The van der Waals surface area contributed by atoms with Crippen molar-refractivity contribution >= 4 is 17.0 Å². The molecular formula is C14H15FN6O. The highest BCUT2D eigenvalue weighted by molar-refractivity contribution is 5.85. The van der Waals surface area contributed by atoms with Gasteiger partial charge in [0.05, 0.1) is 25.2 Å². The van der Waals surface area contributed by atoms with Crippen molar-refractivity contribution in [3.8, 4) is 11.4 Å². The second-order valence-electron chi connectivity index (χ2n) is 4.89. The Balaban J connectivity index is 2.24. The van der Waals surface area contributed by atoms with Crippen LogP contribution in [0, 0.1) is 5.82 Å². The average Bonchev–Trinajstić information content (AvgIpc) is 2.97. The number of rotatable bonds is 4. The number of nitrogens with zero attached hydrogens (tertiary/aromatic N) is 5. The lowest BCUT2D eigenvalue weighted by atomic mass is 10.2. The van der Waals surface area contributed by atoms with Crippen molar-refractivity contribution in [1.29, 1.82) is 0 Å². The Kier molecular flexibility index (Phi) is 3.68. The lowest BCUT2D eigenvalue weighted by Crippen LogP contribution is -2.09. The molecule has 1 atom stereocenters. The average molecular weight is 302 g/mol. The van der Waals surface area contributed by atoms with E-state index in [1.54, 1.807) is 17.9 Å². The maximum atomic E-state index is 13.4. The van der Waals surface area contributed by atoms with Crippen molar-refractivity contribution in [3.63, 3.8) is 0 Å². The summed E-state index contributed by atoms with van der Waals surface area (Å²) >= 11 is 0. The highest BCUT2D eigenvalue weighted by atomic mass is 19.1. The Hall–Kier alpha value is -2.61. The van der Waals surface area contributed by atoms with Crippen molar-refractivity contribution in [3.05, 3.63) is 30.6 Å². The van der Waals surface area contributed by atoms with Crippen LogP contribution in [0.2, 0.25) is 0 Å². The van der Waals surface area contributed by atoms with Gasteiger partial charge in [-0.05, 0) is 13.0 Å². The van der Waals surface area contributed by atoms with Gasteiger partial charge in [-0.1, -0.05) is 0 Å². The second-order valence-corrected chi connectivity index (χ2v) is 4.89. The van der Waals surface area contributed by atoms with Crippen molar-refractivity contribution in [2.24, 2.45) is 0 Å². The maximum Gasteiger partial charge on any atom is 0.166 e. The van der Waals surface area contributed by atoms with Gasteiger partial charge in [0.1, 0.15) is 11.3 Å². The molecule has 8 heteroatoms. The van der Waals surface area contributed by atoms with Gasteiger partial charge in [-0.15, -0.1) is 0 Å². The summed E-state index contributed by atoms with van der Waals surface area (Å²) in [4.78, 5) is 16.9. The molecule has 0 saturated heterocycles. The fraction of sp³-hybridized carbons (Fsp3) is 0.286. The van der Waals surface area contributed by atoms with Gasteiger partial charge in [-0.3, -0.25) is 4.98 Å². The van der Waals surface area contributed by atoms with Crippen LogP contribution in [0.3, 0.4) is 0 Å². The third-order valence-corrected chi connectivity index (χ3v) is 3.36. The van der Waals surface area contributed by atoms with Gasteiger partial charge < -0.3 is 15.0 Å². The van der Waals surface area contributed by atoms with E-state index in [0.29, 0.717) is 28.4 Å². The molecule has 1 unspecified atom stereocenters. The number of anilines is 1. The van der Waals surface area contributed by atoms with E-state index in [2.05, 4.69) is 25.3 Å². The fourth-order valence-electron chi connectivity index (χ4n) is 2.16. The standard InChI is InChI=1S/C14H15FN6O/c1-8(6-22)21-7-18-11-13(16-2)19-12(20-14(11)21)9-3-10(15)5-17-4-9/h3-5,7-8,22H,6H2,1-2H3,(H,16,19,20). The van der Waals surface area contributed by atoms with Crippen molar-refractivity contribution in [1.82, 2.24) is 24.5 Å². The summed E-state index contributed by atoms with van der Waals surface area (Å²) in [7, 11) is 1.73. The van der Waals surface area contributed by atoms with E-state index < -0.39 is 5.82 Å². The SMILES string of the molecule is CNc1nc(-c2cncc(F)c2)nc2c1ncn2C(C)CO. The first-order valence-electron chi connectivity index (χ1n) is 6.78. The van der Waals surface area contributed by atoms with Crippen LogP contribution < -0.4 is 5.32 Å². The van der Waals surface area contributed by atoms with Crippen LogP contribution in [-0.2, 0) is 0 Å². The first-order chi connectivity index (χ1) is 10.6. The van der Waals surface area contributed by atoms with E-state index >= 15 is 0 Å². The number of aliphatic hydroxyl groups excluding tert-OH is 1. The molecule has 0 aliphatic carbocycles. The van der Waals surface area contributed by atoms with E-state index in [4.69, 9.17) is 0 Å². The lowest BCUT2D eigenvalue weighted by Gasteiger charge is -2.11. The number of aliphatic hydroxyl groups is 1. The van der Waals surface area contributed by atoms with Crippen molar-refractivity contribution in [2.45, 2.75) is 13.0 Å². The maximum absolute atomic E-state index is 13.4. The molecule has 0 aromatic carbocycles. The number of hydrogen-bond donors (Lipinski definition) is 2. The molecule has 114 valence electrons.